The second kappa shape index (κ2) is 4.67. The lowest BCUT2D eigenvalue weighted by Gasteiger charge is -2.03. The molecule has 0 amide bonds. The van der Waals surface area contributed by atoms with E-state index in [0.29, 0.717) is 5.56 Å². The van der Waals surface area contributed by atoms with E-state index in [0.717, 1.165) is 16.9 Å². The van der Waals surface area contributed by atoms with Crippen molar-refractivity contribution in [3.8, 4) is 10.4 Å². The zero-order valence-corrected chi connectivity index (χ0v) is 10.1. The lowest BCUT2D eigenvalue weighted by molar-refractivity contribution is 0.0697. The van der Waals surface area contributed by atoms with Crippen molar-refractivity contribution in [1.82, 2.24) is 0 Å². The van der Waals surface area contributed by atoms with E-state index in [1.165, 1.54) is 29.5 Å². The van der Waals surface area contributed by atoms with Crippen LogP contribution >= 0.6 is 11.3 Å². The molecule has 2 nitrogen and oxygen atoms in total. The van der Waals surface area contributed by atoms with E-state index in [9.17, 15) is 9.18 Å². The quantitative estimate of drug-likeness (QED) is 0.899. The molecule has 0 aliphatic rings. The van der Waals surface area contributed by atoms with Gasteiger partial charge in [-0.1, -0.05) is 6.92 Å². The number of carboxylic acids is 1. The summed E-state index contributed by atoms with van der Waals surface area (Å²) in [6, 6.07) is 5.65. The van der Waals surface area contributed by atoms with Crippen LogP contribution in [0.1, 0.15) is 22.8 Å². The van der Waals surface area contributed by atoms with Crippen LogP contribution in [0.15, 0.2) is 29.6 Å². The van der Waals surface area contributed by atoms with Gasteiger partial charge in [-0.15, -0.1) is 11.3 Å². The minimum absolute atomic E-state index is 0.135. The van der Waals surface area contributed by atoms with Gasteiger partial charge in [0.15, 0.2) is 0 Å². The summed E-state index contributed by atoms with van der Waals surface area (Å²) < 4.78 is 13.2. The van der Waals surface area contributed by atoms with Crippen LogP contribution in [-0.2, 0) is 6.42 Å². The standard InChI is InChI=1S/C13H11FO2S/c1-2-8-5-12(17-7-8)11-6-9(14)3-4-10(11)13(15)16/h3-7H,2H2,1H3,(H,15,16). The number of benzene rings is 1. The third-order valence-electron chi connectivity index (χ3n) is 2.54. The minimum Gasteiger partial charge on any atom is -0.478 e. The first-order valence-corrected chi connectivity index (χ1v) is 6.10. The number of rotatable bonds is 3. The minimum atomic E-state index is -1.04. The highest BCUT2D eigenvalue weighted by Crippen LogP contribution is 2.31. The Bertz CT molecular complexity index is 560. The topological polar surface area (TPSA) is 37.3 Å². The largest absolute Gasteiger partial charge is 0.478 e. The fraction of sp³-hybridized carbons (Fsp3) is 0.154. The Kier molecular flexibility index (Phi) is 3.24. The van der Waals surface area contributed by atoms with E-state index in [1.807, 2.05) is 18.4 Å². The first kappa shape index (κ1) is 11.8. The Balaban J connectivity index is 2.56. The molecule has 4 heteroatoms. The molecule has 1 aromatic heterocycles. The average Bonchev–Trinajstić information content (AvgIpc) is 2.76. The van der Waals surface area contributed by atoms with Crippen LogP contribution in [-0.4, -0.2) is 11.1 Å². The van der Waals surface area contributed by atoms with E-state index in [2.05, 4.69) is 0 Å². The molecule has 88 valence electrons. The predicted molar refractivity (Wildman–Crippen MR) is 66.1 cm³/mol. The first-order valence-electron chi connectivity index (χ1n) is 5.22. The van der Waals surface area contributed by atoms with Gasteiger partial charge in [-0.3, -0.25) is 0 Å². The number of halogens is 1. The number of aryl methyl sites for hydroxylation is 1. The molecule has 0 fully saturated rings. The highest BCUT2D eigenvalue weighted by atomic mass is 32.1. The average molecular weight is 250 g/mol. The maximum atomic E-state index is 13.2. The summed E-state index contributed by atoms with van der Waals surface area (Å²) >= 11 is 1.44. The highest BCUT2D eigenvalue weighted by molar-refractivity contribution is 7.13. The van der Waals surface area contributed by atoms with E-state index in [-0.39, 0.29) is 5.56 Å². The molecule has 1 N–H and O–H groups in total. The zero-order valence-electron chi connectivity index (χ0n) is 9.24. The van der Waals surface area contributed by atoms with Crippen molar-refractivity contribution < 1.29 is 14.3 Å². The van der Waals surface area contributed by atoms with E-state index >= 15 is 0 Å². The number of hydrogen-bond donors (Lipinski definition) is 1. The molecule has 0 unspecified atom stereocenters. The third-order valence-corrected chi connectivity index (χ3v) is 3.55. The molecule has 0 aliphatic carbocycles. The van der Waals surface area contributed by atoms with Crippen LogP contribution in [0.4, 0.5) is 4.39 Å². The number of aromatic carboxylic acids is 1. The van der Waals surface area contributed by atoms with Crippen LogP contribution in [0.3, 0.4) is 0 Å². The zero-order chi connectivity index (χ0) is 12.4. The smallest absolute Gasteiger partial charge is 0.336 e. The molecule has 0 atom stereocenters. The van der Waals surface area contributed by atoms with Crippen LogP contribution in [0.25, 0.3) is 10.4 Å². The van der Waals surface area contributed by atoms with Crippen molar-refractivity contribution >= 4 is 17.3 Å². The van der Waals surface area contributed by atoms with Crippen molar-refractivity contribution in [2.45, 2.75) is 13.3 Å². The molecule has 0 radical (unpaired) electrons. The van der Waals surface area contributed by atoms with Crippen molar-refractivity contribution in [3.05, 3.63) is 46.6 Å². The van der Waals surface area contributed by atoms with Crippen molar-refractivity contribution in [1.29, 1.82) is 0 Å². The number of hydrogen-bond acceptors (Lipinski definition) is 2. The fourth-order valence-corrected chi connectivity index (χ4v) is 2.64. The van der Waals surface area contributed by atoms with Crippen LogP contribution < -0.4 is 0 Å². The SMILES string of the molecule is CCc1csc(-c2cc(F)ccc2C(=O)O)c1. The maximum Gasteiger partial charge on any atom is 0.336 e. The lowest BCUT2D eigenvalue weighted by atomic mass is 10.1. The van der Waals surface area contributed by atoms with Gasteiger partial charge in [0.2, 0.25) is 0 Å². The van der Waals surface area contributed by atoms with Crippen LogP contribution in [0, 0.1) is 5.82 Å². The molecule has 2 aromatic rings. The summed E-state index contributed by atoms with van der Waals surface area (Å²) in [5.74, 6) is -1.46. The molecule has 0 saturated carbocycles. The van der Waals surface area contributed by atoms with Crippen LogP contribution in [0.2, 0.25) is 0 Å². The van der Waals surface area contributed by atoms with E-state index in [1.54, 1.807) is 0 Å². The van der Waals surface area contributed by atoms with Gasteiger partial charge in [0.05, 0.1) is 5.56 Å². The van der Waals surface area contributed by atoms with Gasteiger partial charge in [-0.25, -0.2) is 9.18 Å². The molecule has 1 aromatic carbocycles. The molecular weight excluding hydrogens is 239 g/mol. The van der Waals surface area contributed by atoms with Gasteiger partial charge >= 0.3 is 5.97 Å². The highest BCUT2D eigenvalue weighted by Gasteiger charge is 2.14. The summed E-state index contributed by atoms with van der Waals surface area (Å²) in [4.78, 5) is 11.9. The van der Waals surface area contributed by atoms with Gasteiger partial charge in [0.25, 0.3) is 0 Å². The molecule has 0 saturated heterocycles. The summed E-state index contributed by atoms with van der Waals surface area (Å²) in [6.07, 6.45) is 0.883. The second-order valence-corrected chi connectivity index (χ2v) is 4.58. The number of thiophene rings is 1. The molecule has 0 spiro atoms. The Morgan fingerprint density at radius 1 is 1.41 bits per heavy atom. The summed E-state index contributed by atoms with van der Waals surface area (Å²) in [5.41, 5.74) is 1.71. The molecular formula is C13H11FO2S. The summed E-state index contributed by atoms with van der Waals surface area (Å²) in [5, 5.41) is 11.0. The van der Waals surface area contributed by atoms with E-state index in [4.69, 9.17) is 5.11 Å². The normalized spacial score (nSPS) is 10.5. The molecule has 1 heterocycles. The van der Waals surface area contributed by atoms with E-state index < -0.39 is 11.8 Å². The maximum absolute atomic E-state index is 13.2. The number of carboxylic acid groups (broad SMARTS) is 1. The number of carbonyl (C=O) groups is 1. The Labute approximate surface area is 102 Å². The van der Waals surface area contributed by atoms with Gasteiger partial charge in [0.1, 0.15) is 5.82 Å². The summed E-state index contributed by atoms with van der Waals surface area (Å²) in [7, 11) is 0. The molecule has 0 bridgehead atoms. The van der Waals surface area contributed by atoms with Gasteiger partial charge in [0, 0.05) is 10.4 Å². The predicted octanol–water partition coefficient (Wildman–Crippen LogP) is 3.81. The second-order valence-electron chi connectivity index (χ2n) is 3.67. The third kappa shape index (κ3) is 2.36. The van der Waals surface area contributed by atoms with Gasteiger partial charge in [-0.05, 0) is 41.6 Å². The molecule has 17 heavy (non-hydrogen) atoms. The fourth-order valence-electron chi connectivity index (χ4n) is 1.61. The van der Waals surface area contributed by atoms with Crippen molar-refractivity contribution in [2.75, 3.05) is 0 Å². The lowest BCUT2D eigenvalue weighted by Crippen LogP contribution is -1.99. The monoisotopic (exact) mass is 250 g/mol. The molecule has 0 aliphatic heterocycles. The van der Waals surface area contributed by atoms with Gasteiger partial charge in [-0.2, -0.15) is 0 Å². The van der Waals surface area contributed by atoms with Crippen LogP contribution in [0.5, 0.6) is 0 Å². The van der Waals surface area contributed by atoms with Crippen molar-refractivity contribution in [2.24, 2.45) is 0 Å². The molecule has 2 rings (SSSR count). The summed E-state index contributed by atoms with van der Waals surface area (Å²) in [6.45, 7) is 2.02. The Hall–Kier alpha value is -1.68. The first-order chi connectivity index (χ1) is 8.11. The Morgan fingerprint density at radius 3 is 2.76 bits per heavy atom. The Morgan fingerprint density at radius 2 is 2.18 bits per heavy atom. The van der Waals surface area contributed by atoms with Crippen molar-refractivity contribution in [3.63, 3.8) is 0 Å². The van der Waals surface area contributed by atoms with Gasteiger partial charge < -0.3 is 5.11 Å².